The lowest BCUT2D eigenvalue weighted by Gasteiger charge is -2.15. The monoisotopic (exact) mass is 348 g/mol. The summed E-state index contributed by atoms with van der Waals surface area (Å²) in [6, 6.07) is 4.63. The molecule has 23 heavy (non-hydrogen) atoms. The molecule has 1 aliphatic rings. The maximum absolute atomic E-state index is 12.1. The number of hydrogen-bond acceptors (Lipinski definition) is 4. The van der Waals surface area contributed by atoms with Crippen LogP contribution in [0.1, 0.15) is 12.0 Å². The number of nitrogens with one attached hydrogen (secondary N) is 2. The molecule has 9 heteroatoms. The summed E-state index contributed by atoms with van der Waals surface area (Å²) in [4.78, 5) is 23.4. The van der Waals surface area contributed by atoms with Crippen LogP contribution in [-0.2, 0) is 16.1 Å². The average molecular weight is 348 g/mol. The van der Waals surface area contributed by atoms with Gasteiger partial charge < -0.3 is 15.4 Å². The van der Waals surface area contributed by atoms with Crippen molar-refractivity contribution in [1.82, 2.24) is 10.6 Å². The van der Waals surface area contributed by atoms with Gasteiger partial charge in [0, 0.05) is 24.5 Å². The van der Waals surface area contributed by atoms with E-state index >= 15 is 0 Å². The smallest absolute Gasteiger partial charge is 0.406 e. The maximum Gasteiger partial charge on any atom is 0.573 e. The molecule has 0 bridgehead atoms. The van der Waals surface area contributed by atoms with Crippen molar-refractivity contribution in [3.8, 4) is 5.75 Å². The van der Waals surface area contributed by atoms with Gasteiger partial charge in [-0.2, -0.15) is 11.8 Å². The Balaban J connectivity index is 1.85. The van der Waals surface area contributed by atoms with Gasteiger partial charge in [0.25, 0.3) is 0 Å². The molecule has 0 radical (unpaired) electrons. The Kier molecular flexibility index (Phi) is 5.75. The number of rotatable bonds is 4. The molecular formula is C14H15F3N2O3S. The lowest BCUT2D eigenvalue weighted by molar-refractivity contribution is -0.274. The van der Waals surface area contributed by atoms with Crippen LogP contribution in [0.15, 0.2) is 24.3 Å². The Bertz CT molecular complexity index is 563. The molecule has 1 saturated heterocycles. The highest BCUT2D eigenvalue weighted by Gasteiger charge is 2.31. The van der Waals surface area contributed by atoms with Crippen LogP contribution in [0.2, 0.25) is 0 Å². The molecule has 1 aromatic carbocycles. The average Bonchev–Trinajstić information content (AvgIpc) is 2.69. The van der Waals surface area contributed by atoms with E-state index in [-0.39, 0.29) is 24.1 Å². The number of hydrogen-bond donors (Lipinski definition) is 2. The minimum Gasteiger partial charge on any atom is -0.406 e. The maximum atomic E-state index is 12.1. The minimum absolute atomic E-state index is 0.155. The molecule has 2 rings (SSSR count). The fourth-order valence-corrected chi connectivity index (χ4v) is 2.90. The van der Waals surface area contributed by atoms with Gasteiger partial charge in [-0.3, -0.25) is 9.59 Å². The predicted octanol–water partition coefficient (Wildman–Crippen LogP) is 1.82. The first-order chi connectivity index (χ1) is 10.8. The predicted molar refractivity (Wildman–Crippen MR) is 78.8 cm³/mol. The Morgan fingerprint density at radius 1 is 1.35 bits per heavy atom. The Labute approximate surface area is 135 Å². The molecule has 1 fully saturated rings. The molecule has 2 amide bonds. The van der Waals surface area contributed by atoms with Crippen LogP contribution in [-0.4, -0.2) is 35.7 Å². The van der Waals surface area contributed by atoms with Gasteiger partial charge in [-0.1, -0.05) is 12.1 Å². The van der Waals surface area contributed by atoms with E-state index in [9.17, 15) is 22.8 Å². The number of thioether (sulfide) groups is 1. The second kappa shape index (κ2) is 7.58. The molecule has 0 aromatic heterocycles. The van der Waals surface area contributed by atoms with Crippen LogP contribution >= 0.6 is 11.8 Å². The van der Waals surface area contributed by atoms with E-state index in [1.807, 2.05) is 0 Å². The zero-order valence-electron chi connectivity index (χ0n) is 12.0. The first-order valence-electron chi connectivity index (χ1n) is 6.83. The van der Waals surface area contributed by atoms with Crippen LogP contribution in [0.25, 0.3) is 0 Å². The Morgan fingerprint density at radius 2 is 2.04 bits per heavy atom. The van der Waals surface area contributed by atoms with Crippen molar-refractivity contribution in [2.75, 3.05) is 11.5 Å². The van der Waals surface area contributed by atoms with Crippen molar-refractivity contribution in [1.29, 1.82) is 0 Å². The third-order valence-corrected chi connectivity index (χ3v) is 4.10. The van der Waals surface area contributed by atoms with Gasteiger partial charge in [-0.05, 0) is 17.7 Å². The fraction of sp³-hybridized carbons (Fsp3) is 0.429. The number of benzene rings is 1. The number of halogens is 3. The number of amides is 2. The van der Waals surface area contributed by atoms with Crippen LogP contribution < -0.4 is 15.4 Å². The van der Waals surface area contributed by atoms with Gasteiger partial charge >= 0.3 is 6.36 Å². The first kappa shape index (κ1) is 17.5. The summed E-state index contributed by atoms with van der Waals surface area (Å²) in [5.41, 5.74) is 0.625. The van der Waals surface area contributed by atoms with E-state index < -0.39 is 12.4 Å². The fourth-order valence-electron chi connectivity index (χ4n) is 1.94. The normalized spacial score (nSPS) is 18.7. The van der Waals surface area contributed by atoms with Crippen molar-refractivity contribution in [2.24, 2.45) is 0 Å². The van der Waals surface area contributed by atoms with Crippen molar-refractivity contribution >= 4 is 23.6 Å². The standard InChI is InChI=1S/C14H15F3N2O3S/c15-14(16,17)22-10-3-1-9(2-4-10)7-18-13(21)11-8-23-6-5-12(20)19-11/h1-4,11H,5-8H2,(H,18,21)(H,19,20)/t11-/m1/s1. The number of alkyl halides is 3. The van der Waals surface area contributed by atoms with Crippen molar-refractivity contribution < 1.29 is 27.5 Å². The molecule has 2 N–H and O–H groups in total. The molecule has 0 unspecified atom stereocenters. The topological polar surface area (TPSA) is 67.4 Å². The largest absolute Gasteiger partial charge is 0.573 e. The van der Waals surface area contributed by atoms with E-state index in [0.29, 0.717) is 23.5 Å². The van der Waals surface area contributed by atoms with Gasteiger partial charge in [0.2, 0.25) is 11.8 Å². The third kappa shape index (κ3) is 6.01. The van der Waals surface area contributed by atoms with Crippen LogP contribution in [0, 0.1) is 0 Å². The van der Waals surface area contributed by atoms with E-state index in [1.54, 1.807) is 0 Å². The highest BCUT2D eigenvalue weighted by Crippen LogP contribution is 2.22. The van der Waals surface area contributed by atoms with E-state index in [2.05, 4.69) is 15.4 Å². The molecule has 1 aromatic rings. The number of carbonyl (C=O) groups excluding carboxylic acids is 2. The molecule has 0 saturated carbocycles. The molecule has 5 nitrogen and oxygen atoms in total. The summed E-state index contributed by atoms with van der Waals surface area (Å²) in [6.07, 6.45) is -4.35. The van der Waals surface area contributed by atoms with Gasteiger partial charge in [-0.15, -0.1) is 13.2 Å². The molecule has 126 valence electrons. The Hall–Kier alpha value is -1.90. The van der Waals surface area contributed by atoms with Crippen LogP contribution in [0.5, 0.6) is 5.75 Å². The van der Waals surface area contributed by atoms with Gasteiger partial charge in [0.15, 0.2) is 0 Å². The summed E-state index contributed by atoms with van der Waals surface area (Å²) in [5, 5.41) is 5.29. The third-order valence-electron chi connectivity index (χ3n) is 3.03. The summed E-state index contributed by atoms with van der Waals surface area (Å²) in [7, 11) is 0. The zero-order valence-corrected chi connectivity index (χ0v) is 12.8. The highest BCUT2D eigenvalue weighted by atomic mass is 32.2. The van der Waals surface area contributed by atoms with E-state index in [4.69, 9.17) is 0 Å². The minimum atomic E-state index is -4.73. The van der Waals surface area contributed by atoms with Crippen molar-refractivity contribution in [3.63, 3.8) is 0 Å². The van der Waals surface area contributed by atoms with Crippen molar-refractivity contribution in [2.45, 2.75) is 25.4 Å². The SMILES string of the molecule is O=C1CCSC[C@H](C(=O)NCc2ccc(OC(F)(F)F)cc2)N1. The number of carbonyl (C=O) groups is 2. The zero-order chi connectivity index (χ0) is 16.9. The second-order valence-corrected chi connectivity index (χ2v) is 6.00. The van der Waals surface area contributed by atoms with Crippen molar-refractivity contribution in [3.05, 3.63) is 29.8 Å². The van der Waals surface area contributed by atoms with Gasteiger partial charge in [-0.25, -0.2) is 0 Å². The quantitative estimate of drug-likeness (QED) is 0.871. The van der Waals surface area contributed by atoms with Crippen LogP contribution in [0.3, 0.4) is 0 Å². The Morgan fingerprint density at radius 3 is 2.70 bits per heavy atom. The molecule has 1 aliphatic heterocycles. The van der Waals surface area contributed by atoms with Gasteiger partial charge in [0.05, 0.1) is 0 Å². The molecular weight excluding hydrogens is 333 g/mol. The summed E-state index contributed by atoms with van der Waals surface area (Å²) < 4.78 is 39.9. The molecule has 0 spiro atoms. The first-order valence-corrected chi connectivity index (χ1v) is 7.98. The molecule has 1 heterocycles. The summed E-state index contributed by atoms with van der Waals surface area (Å²) in [5.74, 6) is 0.374. The van der Waals surface area contributed by atoms with E-state index in [0.717, 1.165) is 0 Å². The highest BCUT2D eigenvalue weighted by molar-refractivity contribution is 7.99. The lowest BCUT2D eigenvalue weighted by Crippen LogP contribution is -2.47. The van der Waals surface area contributed by atoms with Gasteiger partial charge in [0.1, 0.15) is 11.8 Å². The second-order valence-electron chi connectivity index (χ2n) is 4.85. The summed E-state index contributed by atoms with van der Waals surface area (Å²) in [6.45, 7) is 0.155. The van der Waals surface area contributed by atoms with Crippen LogP contribution in [0.4, 0.5) is 13.2 Å². The molecule has 1 atom stereocenters. The lowest BCUT2D eigenvalue weighted by atomic mass is 10.2. The summed E-state index contributed by atoms with van der Waals surface area (Å²) >= 11 is 1.52. The molecule has 0 aliphatic carbocycles. The van der Waals surface area contributed by atoms with E-state index in [1.165, 1.54) is 36.0 Å². The number of ether oxygens (including phenoxy) is 1.